The van der Waals surface area contributed by atoms with Crippen LogP contribution in [-0.4, -0.2) is 52.0 Å². The summed E-state index contributed by atoms with van der Waals surface area (Å²) in [7, 11) is 1.61. The third kappa shape index (κ3) is 3.53. The molecule has 8 nitrogen and oxygen atoms in total. The molecule has 1 N–H and O–H groups in total. The van der Waals surface area contributed by atoms with Crippen molar-refractivity contribution in [2.75, 3.05) is 25.5 Å². The minimum atomic E-state index is -0.218. The largest absolute Gasteiger partial charge is 0.497 e. The molecule has 1 saturated heterocycles. The summed E-state index contributed by atoms with van der Waals surface area (Å²) in [5, 5.41) is 6.79. The Morgan fingerprint density at radius 1 is 1.39 bits per heavy atom. The maximum atomic E-state index is 12.0. The number of aryl methyl sites for hydroxylation is 1. The van der Waals surface area contributed by atoms with Gasteiger partial charge in [0, 0.05) is 12.6 Å². The van der Waals surface area contributed by atoms with Crippen LogP contribution in [0.25, 0.3) is 0 Å². The van der Waals surface area contributed by atoms with Gasteiger partial charge in [-0.25, -0.2) is 9.78 Å². The number of benzene rings is 1. The van der Waals surface area contributed by atoms with E-state index in [9.17, 15) is 4.79 Å². The van der Waals surface area contributed by atoms with E-state index in [1.165, 1.54) is 0 Å². The summed E-state index contributed by atoms with van der Waals surface area (Å²) in [5.41, 5.74) is 0. The molecule has 0 bridgehead atoms. The molecule has 1 fully saturated rings. The molecule has 0 saturated carbocycles. The molecule has 2 amide bonds. The number of carbonyl (C=O) groups is 1. The summed E-state index contributed by atoms with van der Waals surface area (Å²) < 4.78 is 12.6. The van der Waals surface area contributed by atoms with Crippen LogP contribution in [0.3, 0.4) is 0 Å². The molecule has 0 radical (unpaired) electrons. The zero-order valence-corrected chi connectivity index (χ0v) is 13.1. The molecule has 23 heavy (non-hydrogen) atoms. The molecule has 1 aliphatic heterocycles. The average Bonchev–Trinajstić information content (AvgIpc) is 2.98. The van der Waals surface area contributed by atoms with Crippen LogP contribution in [0.15, 0.2) is 30.6 Å². The third-order valence-corrected chi connectivity index (χ3v) is 3.56. The summed E-state index contributed by atoms with van der Waals surface area (Å²) in [5.74, 6) is 1.79. The van der Waals surface area contributed by atoms with E-state index in [0.29, 0.717) is 25.6 Å². The second-order valence-electron chi connectivity index (χ2n) is 5.18. The highest BCUT2D eigenvalue weighted by Crippen LogP contribution is 2.22. The van der Waals surface area contributed by atoms with E-state index in [-0.39, 0.29) is 12.1 Å². The number of hydrogen-bond donors (Lipinski definition) is 1. The highest BCUT2D eigenvalue weighted by Gasteiger charge is 2.32. The van der Waals surface area contributed by atoms with Crippen molar-refractivity contribution < 1.29 is 14.3 Å². The number of carbonyl (C=O) groups excluding carboxylic acids is 1. The SMILES string of the molecule is CCn1cnc(NC(=O)N2CC(Oc3cccc(OC)c3)C2)n1. The molecule has 0 aliphatic carbocycles. The van der Waals surface area contributed by atoms with Crippen LogP contribution in [0.1, 0.15) is 6.92 Å². The van der Waals surface area contributed by atoms with Crippen molar-refractivity contribution in [3.8, 4) is 11.5 Å². The van der Waals surface area contributed by atoms with Crippen molar-refractivity contribution in [2.45, 2.75) is 19.6 Å². The quantitative estimate of drug-likeness (QED) is 0.906. The van der Waals surface area contributed by atoms with Crippen LogP contribution < -0.4 is 14.8 Å². The highest BCUT2D eigenvalue weighted by atomic mass is 16.5. The number of urea groups is 1. The first kappa shape index (κ1) is 15.1. The maximum absolute atomic E-state index is 12.0. The summed E-state index contributed by atoms with van der Waals surface area (Å²) in [6.45, 7) is 3.72. The molecule has 2 heterocycles. The number of amides is 2. The normalized spacial score (nSPS) is 14.3. The van der Waals surface area contributed by atoms with Gasteiger partial charge >= 0.3 is 6.03 Å². The Labute approximate surface area is 134 Å². The smallest absolute Gasteiger partial charge is 0.324 e. The van der Waals surface area contributed by atoms with Crippen molar-refractivity contribution in [3.63, 3.8) is 0 Å². The van der Waals surface area contributed by atoms with E-state index in [1.54, 1.807) is 23.0 Å². The van der Waals surface area contributed by atoms with E-state index >= 15 is 0 Å². The molecular formula is C15H19N5O3. The third-order valence-electron chi connectivity index (χ3n) is 3.56. The topological polar surface area (TPSA) is 81.5 Å². The summed E-state index contributed by atoms with van der Waals surface area (Å²) >= 11 is 0. The van der Waals surface area contributed by atoms with Gasteiger partial charge in [-0.05, 0) is 19.1 Å². The minimum Gasteiger partial charge on any atom is -0.497 e. The molecule has 0 spiro atoms. The second-order valence-corrected chi connectivity index (χ2v) is 5.18. The molecule has 0 unspecified atom stereocenters. The average molecular weight is 317 g/mol. The molecule has 1 aliphatic rings. The van der Waals surface area contributed by atoms with E-state index in [1.807, 2.05) is 31.2 Å². The first-order valence-corrected chi connectivity index (χ1v) is 7.44. The van der Waals surface area contributed by atoms with Gasteiger partial charge in [-0.3, -0.25) is 10.00 Å². The number of likely N-dealkylation sites (tertiary alicyclic amines) is 1. The Morgan fingerprint density at radius 3 is 2.87 bits per heavy atom. The standard InChI is InChI=1S/C15H19N5O3/c1-3-20-10-16-14(18-20)17-15(21)19-8-13(9-19)23-12-6-4-5-11(7-12)22-2/h4-7,10,13H,3,8-9H2,1-2H3,(H,17,18,21). The first-order valence-electron chi connectivity index (χ1n) is 7.44. The van der Waals surface area contributed by atoms with E-state index < -0.39 is 0 Å². The van der Waals surface area contributed by atoms with Crippen molar-refractivity contribution in [3.05, 3.63) is 30.6 Å². The monoisotopic (exact) mass is 317 g/mol. The predicted octanol–water partition coefficient (Wildman–Crippen LogP) is 1.60. The van der Waals surface area contributed by atoms with Crippen LogP contribution in [0.2, 0.25) is 0 Å². The Balaban J connectivity index is 1.47. The number of nitrogens with one attached hydrogen (secondary N) is 1. The predicted molar refractivity (Wildman–Crippen MR) is 83.7 cm³/mol. The number of anilines is 1. The van der Waals surface area contributed by atoms with Crippen LogP contribution >= 0.6 is 0 Å². The lowest BCUT2D eigenvalue weighted by Crippen LogP contribution is -2.57. The summed E-state index contributed by atoms with van der Waals surface area (Å²) in [6, 6.07) is 7.20. The molecule has 1 aromatic carbocycles. The Hall–Kier alpha value is -2.77. The molecule has 0 atom stereocenters. The number of aromatic nitrogens is 3. The number of methoxy groups -OCH3 is 1. The van der Waals surface area contributed by atoms with Gasteiger partial charge in [0.05, 0.1) is 20.2 Å². The number of hydrogen-bond acceptors (Lipinski definition) is 5. The lowest BCUT2D eigenvalue weighted by Gasteiger charge is -2.38. The molecular weight excluding hydrogens is 298 g/mol. The van der Waals surface area contributed by atoms with Crippen molar-refractivity contribution in [1.29, 1.82) is 0 Å². The fourth-order valence-electron chi connectivity index (χ4n) is 2.22. The Bertz CT molecular complexity index is 681. The van der Waals surface area contributed by atoms with Crippen molar-refractivity contribution in [1.82, 2.24) is 19.7 Å². The van der Waals surface area contributed by atoms with Gasteiger partial charge in [0.1, 0.15) is 23.9 Å². The molecule has 122 valence electrons. The number of rotatable bonds is 5. The number of nitrogens with zero attached hydrogens (tertiary/aromatic N) is 4. The van der Waals surface area contributed by atoms with Gasteiger partial charge in [-0.15, -0.1) is 5.10 Å². The van der Waals surface area contributed by atoms with Crippen LogP contribution in [0.4, 0.5) is 10.7 Å². The van der Waals surface area contributed by atoms with Gasteiger partial charge in [0.2, 0.25) is 5.95 Å². The van der Waals surface area contributed by atoms with Crippen molar-refractivity contribution >= 4 is 12.0 Å². The van der Waals surface area contributed by atoms with E-state index in [2.05, 4.69) is 15.4 Å². The van der Waals surface area contributed by atoms with Crippen molar-refractivity contribution in [2.24, 2.45) is 0 Å². The summed E-state index contributed by atoms with van der Waals surface area (Å²) in [6.07, 6.45) is 1.56. The highest BCUT2D eigenvalue weighted by molar-refractivity contribution is 5.88. The molecule has 8 heteroatoms. The van der Waals surface area contributed by atoms with Crippen LogP contribution in [0.5, 0.6) is 11.5 Å². The summed E-state index contributed by atoms with van der Waals surface area (Å²) in [4.78, 5) is 17.7. The van der Waals surface area contributed by atoms with Gasteiger partial charge in [0.15, 0.2) is 0 Å². The lowest BCUT2D eigenvalue weighted by molar-refractivity contribution is 0.0491. The van der Waals surface area contributed by atoms with Gasteiger partial charge < -0.3 is 14.4 Å². The van der Waals surface area contributed by atoms with Gasteiger partial charge in [-0.2, -0.15) is 0 Å². The maximum Gasteiger partial charge on any atom is 0.324 e. The number of ether oxygens (including phenoxy) is 2. The van der Waals surface area contributed by atoms with E-state index in [0.717, 1.165) is 11.5 Å². The second kappa shape index (κ2) is 6.55. The molecule has 3 rings (SSSR count). The van der Waals surface area contributed by atoms with Gasteiger partial charge in [0.25, 0.3) is 0 Å². The zero-order chi connectivity index (χ0) is 16.2. The fourth-order valence-corrected chi connectivity index (χ4v) is 2.22. The first-order chi connectivity index (χ1) is 11.2. The molecule has 2 aromatic rings. The Kier molecular flexibility index (Phi) is 4.31. The van der Waals surface area contributed by atoms with E-state index in [4.69, 9.17) is 9.47 Å². The van der Waals surface area contributed by atoms with Crippen LogP contribution in [0, 0.1) is 0 Å². The Morgan fingerprint density at radius 2 is 2.17 bits per heavy atom. The van der Waals surface area contributed by atoms with Crippen LogP contribution in [-0.2, 0) is 6.54 Å². The zero-order valence-electron chi connectivity index (χ0n) is 13.1. The minimum absolute atomic E-state index is 0.0194. The van der Waals surface area contributed by atoms with Gasteiger partial charge in [-0.1, -0.05) is 6.07 Å². The fraction of sp³-hybridized carbons (Fsp3) is 0.400. The lowest BCUT2D eigenvalue weighted by atomic mass is 10.2. The molecule has 1 aromatic heterocycles.